The maximum Gasteiger partial charge on any atom is 0.673 e. The first-order valence-corrected chi connectivity index (χ1v) is 6.87. The Kier molecular flexibility index (Phi) is 5.14. The van der Waals surface area contributed by atoms with Gasteiger partial charge in [-0.05, 0) is 62.3 Å². The van der Waals surface area contributed by atoms with Crippen LogP contribution in [0.1, 0.15) is 79.0 Å². The molecule has 0 atom stereocenters. The molecule has 0 unspecified atom stereocenters. The van der Waals surface area contributed by atoms with E-state index in [2.05, 4.69) is 62.3 Å². The molecule has 0 radical (unpaired) electrons. The highest BCUT2D eigenvalue weighted by Crippen LogP contribution is 2.52. The fourth-order valence-electron chi connectivity index (χ4n) is 2.44. The second-order valence-electron chi connectivity index (χ2n) is 8.37. The van der Waals surface area contributed by atoms with E-state index < -0.39 is 7.25 Å². The lowest BCUT2D eigenvalue weighted by Gasteiger charge is -2.09. The average Bonchev–Trinajstić information content (AvgIpc) is 2.67. The zero-order valence-corrected chi connectivity index (χ0v) is 14.1. The summed E-state index contributed by atoms with van der Waals surface area (Å²) in [4.78, 5) is 0. The lowest BCUT2D eigenvalue weighted by molar-refractivity contribution is 0.368. The summed E-state index contributed by atoms with van der Waals surface area (Å²) in [5, 5.41) is 0. The zero-order chi connectivity index (χ0) is 16.7. The Morgan fingerprint density at radius 1 is 0.650 bits per heavy atom. The molecule has 0 heterocycles. The maximum absolute atomic E-state index is 9.75. The monoisotopic (exact) mass is 294 g/mol. The second-order valence-corrected chi connectivity index (χ2v) is 8.37. The van der Waals surface area contributed by atoms with Crippen LogP contribution in [0.2, 0.25) is 0 Å². The average molecular weight is 294 g/mol. The summed E-state index contributed by atoms with van der Waals surface area (Å²) in [5.74, 6) is 0. The largest absolute Gasteiger partial charge is 0.673 e. The lowest BCUT2D eigenvalue weighted by atomic mass is 9.86. The highest BCUT2D eigenvalue weighted by atomic mass is 19.5. The fourth-order valence-corrected chi connectivity index (χ4v) is 2.44. The van der Waals surface area contributed by atoms with Gasteiger partial charge in [-0.2, -0.15) is 0 Å². The third-order valence-corrected chi connectivity index (χ3v) is 2.94. The first-order valence-electron chi connectivity index (χ1n) is 6.87. The minimum Gasteiger partial charge on any atom is -0.418 e. The van der Waals surface area contributed by atoms with Gasteiger partial charge in [0.2, 0.25) is 0 Å². The van der Waals surface area contributed by atoms with Gasteiger partial charge in [0.1, 0.15) is 0 Å². The Balaban J connectivity index is 0.000000621. The van der Waals surface area contributed by atoms with Crippen molar-refractivity contribution in [3.8, 4) is 0 Å². The van der Waals surface area contributed by atoms with E-state index in [1.807, 2.05) is 0 Å². The standard InChI is InChI=1S/C15H27.BF4/c1-13(2,3)10-11(14(4,5)6)12(10)15(7,8)9;2-1(3,4)5/h1-9H3;/q+1;-1. The molecule has 1 aromatic rings. The van der Waals surface area contributed by atoms with Crippen molar-refractivity contribution in [1.82, 2.24) is 0 Å². The summed E-state index contributed by atoms with van der Waals surface area (Å²) in [7, 11) is -6.00. The van der Waals surface area contributed by atoms with E-state index in [0.29, 0.717) is 16.2 Å². The SMILES string of the molecule is CC(C)(C)c1c(C(C)(C)C)[c+]1C(C)(C)C.F[B-](F)(F)F. The molecule has 0 saturated heterocycles. The molecule has 1 aromatic carbocycles. The van der Waals surface area contributed by atoms with E-state index in [1.54, 1.807) is 16.7 Å². The van der Waals surface area contributed by atoms with E-state index in [1.165, 1.54) is 0 Å². The van der Waals surface area contributed by atoms with Crippen LogP contribution in [0.25, 0.3) is 0 Å². The van der Waals surface area contributed by atoms with Crippen LogP contribution in [-0.4, -0.2) is 7.25 Å². The van der Waals surface area contributed by atoms with Gasteiger partial charge < -0.3 is 17.3 Å². The number of hydrogen-bond acceptors (Lipinski definition) is 0. The predicted molar refractivity (Wildman–Crippen MR) is 79.5 cm³/mol. The van der Waals surface area contributed by atoms with E-state index in [9.17, 15) is 17.3 Å². The van der Waals surface area contributed by atoms with E-state index in [-0.39, 0.29) is 0 Å². The summed E-state index contributed by atoms with van der Waals surface area (Å²) in [6.07, 6.45) is 0. The van der Waals surface area contributed by atoms with Crippen molar-refractivity contribution < 1.29 is 17.3 Å². The predicted octanol–water partition coefficient (Wildman–Crippen LogP) is 6.04. The van der Waals surface area contributed by atoms with Gasteiger partial charge in [0.25, 0.3) is 0 Å². The van der Waals surface area contributed by atoms with Crippen LogP contribution in [-0.2, 0) is 16.2 Å². The Bertz CT molecular complexity index is 338. The molecule has 0 spiro atoms. The molecule has 0 aliphatic heterocycles. The van der Waals surface area contributed by atoms with Gasteiger partial charge in [0.15, 0.2) is 16.7 Å². The van der Waals surface area contributed by atoms with Crippen LogP contribution in [0.5, 0.6) is 0 Å². The second kappa shape index (κ2) is 5.30. The summed E-state index contributed by atoms with van der Waals surface area (Å²) >= 11 is 0. The zero-order valence-electron chi connectivity index (χ0n) is 14.1. The fraction of sp³-hybridized carbons (Fsp3) is 0.800. The van der Waals surface area contributed by atoms with Crippen molar-refractivity contribution in [3.05, 3.63) is 16.7 Å². The van der Waals surface area contributed by atoms with Gasteiger partial charge in [0, 0.05) is 0 Å². The third-order valence-electron chi connectivity index (χ3n) is 2.94. The van der Waals surface area contributed by atoms with Crippen LogP contribution in [0.3, 0.4) is 0 Å². The van der Waals surface area contributed by atoms with Crippen LogP contribution in [0.4, 0.5) is 17.3 Å². The van der Waals surface area contributed by atoms with Crippen LogP contribution >= 0.6 is 0 Å². The molecular formula is C15H27BF4. The molecule has 118 valence electrons. The maximum atomic E-state index is 9.75. The molecule has 1 rings (SSSR count). The summed E-state index contributed by atoms with van der Waals surface area (Å²) in [6, 6.07) is 0. The molecule has 0 bridgehead atoms. The molecule has 0 fully saturated rings. The molecule has 0 saturated carbocycles. The smallest absolute Gasteiger partial charge is 0.418 e. The molecule has 0 aromatic heterocycles. The quantitative estimate of drug-likeness (QED) is 0.311. The van der Waals surface area contributed by atoms with Gasteiger partial charge in [-0.3, -0.25) is 0 Å². The van der Waals surface area contributed by atoms with Gasteiger partial charge in [-0.15, -0.1) is 0 Å². The van der Waals surface area contributed by atoms with Crippen molar-refractivity contribution in [2.24, 2.45) is 0 Å². The number of hydrogen-bond donors (Lipinski definition) is 0. The minimum atomic E-state index is -6.00. The summed E-state index contributed by atoms with van der Waals surface area (Å²) < 4.78 is 39.0. The molecular weight excluding hydrogens is 267 g/mol. The number of halogens is 4. The normalized spacial score (nSPS) is 14.2. The minimum absolute atomic E-state index is 0.311. The first-order chi connectivity index (χ1) is 8.37. The van der Waals surface area contributed by atoms with Gasteiger partial charge in [-0.1, -0.05) is 0 Å². The van der Waals surface area contributed by atoms with E-state index >= 15 is 0 Å². The third kappa shape index (κ3) is 6.23. The molecule has 0 N–H and O–H groups in total. The Morgan fingerprint density at radius 2 is 0.850 bits per heavy atom. The molecule has 0 nitrogen and oxygen atoms in total. The highest BCUT2D eigenvalue weighted by molar-refractivity contribution is 6.50. The topological polar surface area (TPSA) is 0 Å². The molecule has 0 amide bonds. The van der Waals surface area contributed by atoms with Crippen molar-refractivity contribution in [2.45, 2.75) is 78.6 Å². The Morgan fingerprint density at radius 3 is 0.900 bits per heavy atom. The highest BCUT2D eigenvalue weighted by Gasteiger charge is 2.56. The van der Waals surface area contributed by atoms with E-state index in [4.69, 9.17) is 0 Å². The van der Waals surface area contributed by atoms with Gasteiger partial charge in [0.05, 0.1) is 16.2 Å². The molecule has 0 aliphatic carbocycles. The molecule has 0 aliphatic rings. The molecule has 20 heavy (non-hydrogen) atoms. The molecule has 5 heteroatoms. The van der Waals surface area contributed by atoms with Crippen molar-refractivity contribution in [3.63, 3.8) is 0 Å². The van der Waals surface area contributed by atoms with Crippen molar-refractivity contribution in [2.75, 3.05) is 0 Å². The Labute approximate surface area is 120 Å². The van der Waals surface area contributed by atoms with Gasteiger partial charge in [-0.25, -0.2) is 0 Å². The van der Waals surface area contributed by atoms with Crippen LogP contribution in [0.15, 0.2) is 0 Å². The van der Waals surface area contributed by atoms with Crippen molar-refractivity contribution in [1.29, 1.82) is 0 Å². The van der Waals surface area contributed by atoms with Crippen LogP contribution < -0.4 is 0 Å². The van der Waals surface area contributed by atoms with E-state index in [0.717, 1.165) is 0 Å². The summed E-state index contributed by atoms with van der Waals surface area (Å²) in [6.45, 7) is 20.9. The first kappa shape index (κ1) is 19.4. The Hall–Kier alpha value is -0.605. The van der Waals surface area contributed by atoms with Gasteiger partial charge >= 0.3 is 7.25 Å². The summed E-state index contributed by atoms with van der Waals surface area (Å²) in [5.41, 5.74) is 5.81. The van der Waals surface area contributed by atoms with Crippen LogP contribution in [0, 0.1) is 0 Å². The lowest BCUT2D eigenvalue weighted by Crippen LogP contribution is -2.12. The van der Waals surface area contributed by atoms with Crippen molar-refractivity contribution >= 4 is 7.25 Å². The number of rotatable bonds is 0.